The Balaban J connectivity index is 2.02. The second-order valence-electron chi connectivity index (χ2n) is 5.76. The maximum atomic E-state index is 12.7. The maximum Gasteiger partial charge on any atom is 0.391 e. The summed E-state index contributed by atoms with van der Waals surface area (Å²) in [6.07, 6.45) is -3.11. The van der Waals surface area contributed by atoms with Crippen LogP contribution in [0.25, 0.3) is 0 Å². The van der Waals surface area contributed by atoms with Gasteiger partial charge in [-0.3, -0.25) is 0 Å². The fourth-order valence-electron chi connectivity index (χ4n) is 2.71. The third kappa shape index (κ3) is 4.27. The number of halogens is 4. The summed E-state index contributed by atoms with van der Waals surface area (Å²) in [7, 11) is 0. The van der Waals surface area contributed by atoms with Gasteiger partial charge >= 0.3 is 6.18 Å². The number of nitrogens with two attached hydrogens (primary N) is 1. The lowest BCUT2D eigenvalue weighted by molar-refractivity contribution is -0.179. The molecule has 0 amide bonds. The number of nitrogens with zero attached hydrogens (tertiary/aromatic N) is 1. The van der Waals surface area contributed by atoms with E-state index < -0.39 is 12.1 Å². The van der Waals surface area contributed by atoms with Crippen molar-refractivity contribution in [3.8, 4) is 0 Å². The number of benzene rings is 1. The Kier molecular flexibility index (Phi) is 5.04. The van der Waals surface area contributed by atoms with Crippen molar-refractivity contribution < 1.29 is 13.2 Å². The first-order valence-electron chi connectivity index (χ1n) is 7.13. The molecule has 6 heteroatoms. The van der Waals surface area contributed by atoms with Crippen molar-refractivity contribution in [2.45, 2.75) is 38.4 Å². The standard InChI is InChI=1S/C15H20ClF3N2/c1-10(20)8-11-2-3-13(9-14(11)16)21-6-4-12(5-7-21)15(17,18)19/h2-3,9-10,12H,4-8,20H2,1H3. The van der Waals surface area contributed by atoms with Gasteiger partial charge in [0.1, 0.15) is 0 Å². The summed E-state index contributed by atoms with van der Waals surface area (Å²) in [5.74, 6) is -1.18. The van der Waals surface area contributed by atoms with Crippen molar-refractivity contribution in [2.24, 2.45) is 11.7 Å². The first-order chi connectivity index (χ1) is 9.77. The van der Waals surface area contributed by atoms with Gasteiger partial charge < -0.3 is 10.6 Å². The van der Waals surface area contributed by atoms with Crippen LogP contribution < -0.4 is 10.6 Å². The molecule has 1 atom stereocenters. The van der Waals surface area contributed by atoms with E-state index in [1.165, 1.54) is 0 Å². The number of rotatable bonds is 3. The molecule has 0 spiro atoms. The van der Waals surface area contributed by atoms with Crippen LogP contribution in [0.3, 0.4) is 0 Å². The quantitative estimate of drug-likeness (QED) is 0.912. The molecule has 0 aromatic heterocycles. The Morgan fingerprint density at radius 1 is 1.33 bits per heavy atom. The van der Waals surface area contributed by atoms with Crippen molar-refractivity contribution in [3.05, 3.63) is 28.8 Å². The summed E-state index contributed by atoms with van der Waals surface area (Å²) in [5.41, 5.74) is 7.61. The van der Waals surface area contributed by atoms with E-state index in [2.05, 4.69) is 0 Å². The lowest BCUT2D eigenvalue weighted by atomic mass is 9.95. The molecule has 1 aromatic carbocycles. The van der Waals surface area contributed by atoms with Gasteiger partial charge in [-0.1, -0.05) is 17.7 Å². The molecular weight excluding hydrogens is 301 g/mol. The van der Waals surface area contributed by atoms with Gasteiger partial charge in [0.15, 0.2) is 0 Å². The van der Waals surface area contributed by atoms with Gasteiger partial charge in [0.25, 0.3) is 0 Å². The summed E-state index contributed by atoms with van der Waals surface area (Å²) < 4.78 is 38.0. The van der Waals surface area contributed by atoms with Crippen molar-refractivity contribution in [2.75, 3.05) is 18.0 Å². The average Bonchev–Trinajstić information content (AvgIpc) is 2.40. The van der Waals surface area contributed by atoms with Crippen LogP contribution >= 0.6 is 11.6 Å². The van der Waals surface area contributed by atoms with Gasteiger partial charge in [-0.15, -0.1) is 0 Å². The molecule has 118 valence electrons. The van der Waals surface area contributed by atoms with Crippen molar-refractivity contribution in [1.29, 1.82) is 0 Å². The summed E-state index contributed by atoms with van der Waals surface area (Å²) in [4.78, 5) is 1.96. The zero-order valence-corrected chi connectivity index (χ0v) is 12.7. The van der Waals surface area contributed by atoms with Crippen molar-refractivity contribution in [1.82, 2.24) is 0 Å². The number of hydrogen-bond donors (Lipinski definition) is 1. The van der Waals surface area contributed by atoms with E-state index in [9.17, 15) is 13.2 Å². The molecule has 1 unspecified atom stereocenters. The Morgan fingerprint density at radius 2 is 1.95 bits per heavy atom. The first kappa shape index (κ1) is 16.4. The second kappa shape index (κ2) is 6.44. The molecule has 1 aliphatic heterocycles. The van der Waals surface area contributed by atoms with Crippen LogP contribution in [-0.4, -0.2) is 25.3 Å². The zero-order chi connectivity index (χ0) is 15.6. The number of hydrogen-bond acceptors (Lipinski definition) is 2. The van der Waals surface area contributed by atoms with E-state index in [0.29, 0.717) is 24.5 Å². The molecule has 0 bridgehead atoms. The Morgan fingerprint density at radius 3 is 2.43 bits per heavy atom. The lowest BCUT2D eigenvalue weighted by Crippen LogP contribution is -2.39. The van der Waals surface area contributed by atoms with E-state index in [4.69, 9.17) is 17.3 Å². The molecule has 1 heterocycles. The lowest BCUT2D eigenvalue weighted by Gasteiger charge is -2.34. The minimum absolute atomic E-state index is 0.0240. The van der Waals surface area contributed by atoms with Crippen LogP contribution in [0.1, 0.15) is 25.3 Å². The van der Waals surface area contributed by atoms with Gasteiger partial charge in [0, 0.05) is 29.8 Å². The third-order valence-electron chi connectivity index (χ3n) is 3.90. The number of piperidine rings is 1. The molecule has 1 fully saturated rings. The highest BCUT2D eigenvalue weighted by Crippen LogP contribution is 2.36. The van der Waals surface area contributed by atoms with E-state index in [1.54, 1.807) is 0 Å². The predicted molar refractivity (Wildman–Crippen MR) is 79.8 cm³/mol. The predicted octanol–water partition coefficient (Wildman–Crippen LogP) is 4.01. The summed E-state index contributed by atoms with van der Waals surface area (Å²) in [5, 5.41) is 0.628. The van der Waals surface area contributed by atoms with Crippen LogP contribution in [0.5, 0.6) is 0 Å². The molecule has 0 saturated carbocycles. The molecule has 1 saturated heterocycles. The highest BCUT2D eigenvalue weighted by atomic mass is 35.5. The minimum atomic E-state index is -4.08. The highest BCUT2D eigenvalue weighted by Gasteiger charge is 2.41. The molecular formula is C15H20ClF3N2. The van der Waals surface area contributed by atoms with Crippen LogP contribution in [0.15, 0.2) is 18.2 Å². The van der Waals surface area contributed by atoms with E-state index in [-0.39, 0.29) is 18.9 Å². The maximum absolute atomic E-state index is 12.7. The molecule has 1 aliphatic rings. The molecule has 2 rings (SSSR count). The van der Waals surface area contributed by atoms with Gasteiger partial charge in [-0.05, 0) is 43.9 Å². The molecule has 1 aromatic rings. The van der Waals surface area contributed by atoms with Gasteiger partial charge in [0.05, 0.1) is 5.92 Å². The first-order valence-corrected chi connectivity index (χ1v) is 7.51. The second-order valence-corrected chi connectivity index (χ2v) is 6.17. The molecule has 0 radical (unpaired) electrons. The number of anilines is 1. The summed E-state index contributed by atoms with van der Waals surface area (Å²) in [6, 6.07) is 5.68. The minimum Gasteiger partial charge on any atom is -0.371 e. The largest absolute Gasteiger partial charge is 0.391 e. The Labute approximate surface area is 128 Å². The van der Waals surface area contributed by atoms with E-state index >= 15 is 0 Å². The van der Waals surface area contributed by atoms with Gasteiger partial charge in [0.2, 0.25) is 0 Å². The fourth-order valence-corrected chi connectivity index (χ4v) is 2.96. The SMILES string of the molecule is CC(N)Cc1ccc(N2CCC(C(F)(F)F)CC2)cc1Cl. The molecule has 2 N–H and O–H groups in total. The number of alkyl halides is 3. The van der Waals surface area contributed by atoms with Crippen LogP contribution in [0.4, 0.5) is 18.9 Å². The Hall–Kier alpha value is -0.940. The van der Waals surface area contributed by atoms with Crippen molar-refractivity contribution in [3.63, 3.8) is 0 Å². The van der Waals surface area contributed by atoms with Crippen molar-refractivity contribution >= 4 is 17.3 Å². The molecule has 0 aliphatic carbocycles. The van der Waals surface area contributed by atoms with Gasteiger partial charge in [-0.2, -0.15) is 13.2 Å². The summed E-state index contributed by atoms with van der Waals surface area (Å²) in [6.45, 7) is 2.73. The smallest absolute Gasteiger partial charge is 0.371 e. The molecule has 2 nitrogen and oxygen atoms in total. The Bertz CT molecular complexity index is 480. The summed E-state index contributed by atoms with van der Waals surface area (Å²) >= 11 is 6.23. The monoisotopic (exact) mass is 320 g/mol. The third-order valence-corrected chi connectivity index (χ3v) is 4.25. The van der Waals surface area contributed by atoms with E-state index in [0.717, 1.165) is 11.3 Å². The average molecular weight is 321 g/mol. The zero-order valence-electron chi connectivity index (χ0n) is 12.0. The normalized spacial score (nSPS) is 18.9. The topological polar surface area (TPSA) is 29.3 Å². The van der Waals surface area contributed by atoms with Crippen LogP contribution in [0, 0.1) is 5.92 Å². The highest BCUT2D eigenvalue weighted by molar-refractivity contribution is 6.31. The molecule has 21 heavy (non-hydrogen) atoms. The van der Waals surface area contributed by atoms with E-state index in [1.807, 2.05) is 30.0 Å². The van der Waals surface area contributed by atoms with Crippen LogP contribution in [-0.2, 0) is 6.42 Å². The van der Waals surface area contributed by atoms with Crippen LogP contribution in [0.2, 0.25) is 5.02 Å². The fraction of sp³-hybridized carbons (Fsp3) is 0.600. The van der Waals surface area contributed by atoms with Gasteiger partial charge in [-0.25, -0.2) is 0 Å².